The summed E-state index contributed by atoms with van der Waals surface area (Å²) < 4.78 is 26.5. The molecule has 0 atom stereocenters. The van der Waals surface area contributed by atoms with E-state index in [4.69, 9.17) is 0 Å². The molecule has 19 heavy (non-hydrogen) atoms. The van der Waals surface area contributed by atoms with E-state index in [1.807, 2.05) is 0 Å². The minimum Gasteiger partial charge on any atom is -0.263 e. The number of benzene rings is 1. The van der Waals surface area contributed by atoms with Gasteiger partial charge in [0.25, 0.3) is 15.7 Å². The predicted octanol–water partition coefficient (Wildman–Crippen LogP) is 1.43. The third-order valence-electron chi connectivity index (χ3n) is 2.42. The van der Waals surface area contributed by atoms with Crippen LogP contribution in [-0.2, 0) is 10.0 Å². The van der Waals surface area contributed by atoms with E-state index in [1.54, 1.807) is 6.92 Å². The molecule has 0 fully saturated rings. The van der Waals surface area contributed by atoms with Gasteiger partial charge in [-0.05, 0) is 13.0 Å². The maximum atomic E-state index is 12.1. The molecule has 0 bridgehead atoms. The SMILES string of the molecule is Cc1cn[nH]c1NS(=O)(=O)c1ccccc1[N+](=O)[O-]. The minimum absolute atomic E-state index is 0.179. The first-order chi connectivity index (χ1) is 8.92. The first kappa shape index (κ1) is 13.0. The fourth-order valence-electron chi connectivity index (χ4n) is 1.47. The van der Waals surface area contributed by atoms with Crippen LogP contribution in [0.3, 0.4) is 0 Å². The van der Waals surface area contributed by atoms with Crippen molar-refractivity contribution in [2.24, 2.45) is 0 Å². The van der Waals surface area contributed by atoms with Crippen molar-refractivity contribution in [3.05, 3.63) is 46.1 Å². The van der Waals surface area contributed by atoms with E-state index in [9.17, 15) is 18.5 Å². The van der Waals surface area contributed by atoms with E-state index < -0.39 is 25.5 Å². The van der Waals surface area contributed by atoms with Gasteiger partial charge < -0.3 is 0 Å². The van der Waals surface area contributed by atoms with Gasteiger partial charge in [0.15, 0.2) is 4.90 Å². The lowest BCUT2D eigenvalue weighted by Crippen LogP contribution is -2.15. The van der Waals surface area contributed by atoms with Crippen molar-refractivity contribution >= 4 is 21.5 Å². The molecule has 2 N–H and O–H groups in total. The van der Waals surface area contributed by atoms with Crippen molar-refractivity contribution in [3.63, 3.8) is 0 Å². The van der Waals surface area contributed by atoms with E-state index in [-0.39, 0.29) is 5.82 Å². The number of nitrogens with one attached hydrogen (secondary N) is 2. The molecule has 2 aromatic rings. The third-order valence-corrected chi connectivity index (χ3v) is 3.81. The average Bonchev–Trinajstić information content (AvgIpc) is 2.74. The summed E-state index contributed by atoms with van der Waals surface area (Å²) in [4.78, 5) is 9.69. The topological polar surface area (TPSA) is 118 Å². The van der Waals surface area contributed by atoms with E-state index >= 15 is 0 Å². The summed E-state index contributed by atoms with van der Waals surface area (Å²) in [5, 5.41) is 17.0. The van der Waals surface area contributed by atoms with Gasteiger partial charge in [0.05, 0.1) is 11.1 Å². The van der Waals surface area contributed by atoms with Crippen molar-refractivity contribution < 1.29 is 13.3 Å². The average molecular weight is 282 g/mol. The summed E-state index contributed by atoms with van der Waals surface area (Å²) in [6.07, 6.45) is 1.44. The number of nitrogens with zero attached hydrogens (tertiary/aromatic N) is 2. The Bertz CT molecular complexity index is 723. The van der Waals surface area contributed by atoms with Gasteiger partial charge in [0.1, 0.15) is 5.82 Å². The van der Waals surface area contributed by atoms with Crippen molar-refractivity contribution in [1.82, 2.24) is 10.2 Å². The van der Waals surface area contributed by atoms with Crippen LogP contribution >= 0.6 is 0 Å². The number of sulfonamides is 1. The molecule has 0 unspecified atom stereocenters. The summed E-state index contributed by atoms with van der Waals surface area (Å²) in [5.41, 5.74) is 0.106. The van der Waals surface area contributed by atoms with E-state index in [1.165, 1.54) is 24.4 Å². The molecule has 1 heterocycles. The number of anilines is 1. The van der Waals surface area contributed by atoms with Gasteiger partial charge in [-0.15, -0.1) is 0 Å². The number of nitro benzene ring substituents is 1. The molecule has 0 aliphatic rings. The van der Waals surface area contributed by atoms with Crippen LogP contribution in [0, 0.1) is 17.0 Å². The fourth-order valence-corrected chi connectivity index (χ4v) is 2.74. The number of hydrogen-bond donors (Lipinski definition) is 2. The van der Waals surface area contributed by atoms with Crippen LogP contribution in [0.15, 0.2) is 35.4 Å². The molecule has 0 amide bonds. The van der Waals surface area contributed by atoms with Crippen LogP contribution in [0.1, 0.15) is 5.56 Å². The van der Waals surface area contributed by atoms with Gasteiger partial charge in [-0.2, -0.15) is 5.10 Å². The van der Waals surface area contributed by atoms with Crippen LogP contribution in [0.5, 0.6) is 0 Å². The van der Waals surface area contributed by atoms with Gasteiger partial charge in [-0.1, -0.05) is 12.1 Å². The highest BCUT2D eigenvalue weighted by molar-refractivity contribution is 7.92. The number of aromatic amines is 1. The van der Waals surface area contributed by atoms with Crippen molar-refractivity contribution in [3.8, 4) is 0 Å². The second-order valence-corrected chi connectivity index (χ2v) is 5.41. The first-order valence-electron chi connectivity index (χ1n) is 5.18. The van der Waals surface area contributed by atoms with E-state index in [0.29, 0.717) is 5.56 Å². The molecule has 9 heteroatoms. The Morgan fingerprint density at radius 3 is 2.63 bits per heavy atom. The smallest absolute Gasteiger partial charge is 0.263 e. The molecule has 0 radical (unpaired) electrons. The maximum Gasteiger partial charge on any atom is 0.289 e. The number of rotatable bonds is 4. The molecule has 0 aliphatic heterocycles. The molecule has 0 spiro atoms. The molecule has 1 aromatic heterocycles. The zero-order valence-electron chi connectivity index (χ0n) is 9.82. The summed E-state index contributed by atoms with van der Waals surface area (Å²) in [6, 6.07) is 5.13. The maximum absolute atomic E-state index is 12.1. The quantitative estimate of drug-likeness (QED) is 0.649. The summed E-state index contributed by atoms with van der Waals surface area (Å²) in [6.45, 7) is 1.65. The molecule has 2 rings (SSSR count). The summed E-state index contributed by atoms with van der Waals surface area (Å²) >= 11 is 0. The highest BCUT2D eigenvalue weighted by Gasteiger charge is 2.25. The monoisotopic (exact) mass is 282 g/mol. The van der Waals surface area contributed by atoms with Crippen LogP contribution in [0.25, 0.3) is 0 Å². The van der Waals surface area contributed by atoms with Crippen LogP contribution < -0.4 is 4.72 Å². The fraction of sp³-hybridized carbons (Fsp3) is 0.100. The molecule has 0 saturated heterocycles. The number of aromatic nitrogens is 2. The standard InChI is InChI=1S/C10H10N4O4S/c1-7-6-11-12-10(7)13-19(17,18)9-5-3-2-4-8(9)14(15)16/h2-6H,1H3,(H2,11,12,13). The number of H-pyrrole nitrogens is 1. The number of nitro groups is 1. The molecular weight excluding hydrogens is 272 g/mol. The number of aryl methyl sites for hydroxylation is 1. The Labute approximate surface area is 108 Å². The summed E-state index contributed by atoms with van der Waals surface area (Å²) in [7, 11) is -4.04. The Hall–Kier alpha value is -2.42. The van der Waals surface area contributed by atoms with Crippen molar-refractivity contribution in [2.75, 3.05) is 4.72 Å². The summed E-state index contributed by atoms with van der Waals surface area (Å²) in [5.74, 6) is 0.179. The Kier molecular flexibility index (Phi) is 3.21. The predicted molar refractivity (Wildman–Crippen MR) is 67.2 cm³/mol. The van der Waals surface area contributed by atoms with Gasteiger partial charge in [0.2, 0.25) is 0 Å². The number of para-hydroxylation sites is 1. The highest BCUT2D eigenvalue weighted by Crippen LogP contribution is 2.25. The molecule has 0 saturated carbocycles. The molecule has 1 aromatic carbocycles. The largest absolute Gasteiger partial charge is 0.289 e. The van der Waals surface area contributed by atoms with Crippen LogP contribution in [0.4, 0.5) is 11.5 Å². The third kappa shape index (κ3) is 2.55. The second kappa shape index (κ2) is 4.69. The van der Waals surface area contributed by atoms with Crippen molar-refractivity contribution in [1.29, 1.82) is 0 Å². The van der Waals surface area contributed by atoms with Crippen molar-refractivity contribution in [2.45, 2.75) is 11.8 Å². The zero-order valence-corrected chi connectivity index (χ0v) is 10.6. The molecule has 8 nitrogen and oxygen atoms in total. The lowest BCUT2D eigenvalue weighted by molar-refractivity contribution is -0.387. The molecule has 100 valence electrons. The van der Waals surface area contributed by atoms with Gasteiger partial charge in [-0.25, -0.2) is 8.42 Å². The molecule has 0 aliphatic carbocycles. The second-order valence-electron chi connectivity index (χ2n) is 3.76. The highest BCUT2D eigenvalue weighted by atomic mass is 32.2. The Balaban J connectivity index is 2.46. The zero-order chi connectivity index (χ0) is 14.0. The normalized spacial score (nSPS) is 11.2. The Morgan fingerprint density at radius 1 is 1.37 bits per heavy atom. The van der Waals surface area contributed by atoms with E-state index in [0.717, 1.165) is 6.07 Å². The lowest BCUT2D eigenvalue weighted by atomic mass is 10.3. The first-order valence-corrected chi connectivity index (χ1v) is 6.66. The van der Waals surface area contributed by atoms with Gasteiger partial charge in [0, 0.05) is 11.6 Å². The Morgan fingerprint density at radius 2 is 2.05 bits per heavy atom. The van der Waals surface area contributed by atoms with E-state index in [2.05, 4.69) is 14.9 Å². The van der Waals surface area contributed by atoms with Crippen LogP contribution in [0.2, 0.25) is 0 Å². The van der Waals surface area contributed by atoms with Crippen LogP contribution in [-0.4, -0.2) is 23.5 Å². The minimum atomic E-state index is -4.04. The lowest BCUT2D eigenvalue weighted by Gasteiger charge is -2.07. The number of hydrogen-bond acceptors (Lipinski definition) is 5. The van der Waals surface area contributed by atoms with Gasteiger partial charge in [-0.3, -0.25) is 19.9 Å². The molecular formula is C10H10N4O4S. The van der Waals surface area contributed by atoms with Gasteiger partial charge >= 0.3 is 0 Å².